The molecule has 1 nitrogen and oxygen atoms in total. The van der Waals surface area contributed by atoms with E-state index < -0.39 is 0 Å². The summed E-state index contributed by atoms with van der Waals surface area (Å²) in [5.41, 5.74) is 4.55. The predicted molar refractivity (Wildman–Crippen MR) is 112 cm³/mol. The smallest absolute Gasteiger partial charge is 0.0690 e. The van der Waals surface area contributed by atoms with Gasteiger partial charge in [0.2, 0.25) is 0 Å². The lowest BCUT2D eigenvalue weighted by Crippen LogP contribution is -2.02. The van der Waals surface area contributed by atoms with E-state index in [9.17, 15) is 0 Å². The number of hydrogen-bond donors (Lipinski definition) is 1. The molecule has 0 saturated carbocycles. The van der Waals surface area contributed by atoms with E-state index in [2.05, 4.69) is 60.7 Å². The second-order valence-corrected chi connectivity index (χ2v) is 6.23. The molecule has 0 radical (unpaired) electrons. The van der Waals surface area contributed by atoms with Gasteiger partial charge < -0.3 is 0 Å². The van der Waals surface area contributed by atoms with E-state index in [-0.39, 0.29) is 0 Å². The number of fused-ring (bicyclic) bond motifs is 1. The summed E-state index contributed by atoms with van der Waals surface area (Å²) in [6, 6.07) is 34.8. The van der Waals surface area contributed by atoms with Crippen LogP contribution in [-0.2, 0) is 0 Å². The van der Waals surface area contributed by atoms with E-state index in [4.69, 9.17) is 5.41 Å². The molecule has 0 fully saturated rings. The molecule has 0 saturated heterocycles. The van der Waals surface area contributed by atoms with E-state index in [1.165, 1.54) is 10.8 Å². The Kier molecular flexibility index (Phi) is 4.44. The second-order valence-electron chi connectivity index (χ2n) is 6.23. The quantitative estimate of drug-likeness (QED) is 0.328. The van der Waals surface area contributed by atoms with Crippen LogP contribution in [0.1, 0.15) is 16.7 Å². The molecule has 4 aromatic carbocycles. The molecule has 4 rings (SSSR count). The molecular weight excluding hydrogens is 314 g/mol. The van der Waals surface area contributed by atoms with E-state index in [1.807, 2.05) is 48.5 Å². The molecule has 1 N–H and O–H groups in total. The van der Waals surface area contributed by atoms with Crippen LogP contribution in [0.4, 0.5) is 0 Å². The highest BCUT2D eigenvalue weighted by atomic mass is 14.4. The maximum atomic E-state index is 8.81. The van der Waals surface area contributed by atoms with Crippen molar-refractivity contribution in [2.45, 2.75) is 0 Å². The van der Waals surface area contributed by atoms with E-state index in [0.29, 0.717) is 5.71 Å². The predicted octanol–water partition coefficient (Wildman–Crippen LogP) is 6.45. The molecule has 0 bridgehead atoms. The van der Waals surface area contributed by atoms with Gasteiger partial charge in [-0.3, -0.25) is 5.41 Å². The molecule has 4 aromatic rings. The molecule has 0 atom stereocenters. The average Bonchev–Trinajstić information content (AvgIpc) is 2.73. The lowest BCUT2D eigenvalue weighted by atomic mass is 9.93. The number of rotatable bonds is 4. The van der Waals surface area contributed by atoms with Gasteiger partial charge in [-0.25, -0.2) is 0 Å². The van der Waals surface area contributed by atoms with Crippen LogP contribution in [0, 0.1) is 5.41 Å². The van der Waals surface area contributed by atoms with Crippen molar-refractivity contribution in [3.8, 4) is 0 Å². The largest absolute Gasteiger partial charge is 0.300 e. The molecular formula is C25H19N. The molecule has 0 aliphatic carbocycles. The lowest BCUT2D eigenvalue weighted by Gasteiger charge is -2.12. The molecule has 0 aromatic heterocycles. The molecule has 0 spiro atoms. The summed E-state index contributed by atoms with van der Waals surface area (Å²) < 4.78 is 0. The third kappa shape index (κ3) is 3.20. The first kappa shape index (κ1) is 16.0. The van der Waals surface area contributed by atoms with Crippen molar-refractivity contribution in [1.29, 1.82) is 5.41 Å². The maximum absolute atomic E-state index is 8.81. The van der Waals surface area contributed by atoms with Crippen molar-refractivity contribution in [2.24, 2.45) is 0 Å². The maximum Gasteiger partial charge on any atom is 0.0690 e. The van der Waals surface area contributed by atoms with Crippen LogP contribution in [-0.4, -0.2) is 5.71 Å². The van der Waals surface area contributed by atoms with Gasteiger partial charge in [0.05, 0.1) is 5.71 Å². The Labute approximate surface area is 153 Å². The normalized spacial score (nSPS) is 11.5. The van der Waals surface area contributed by atoms with Gasteiger partial charge in [-0.1, -0.05) is 103 Å². The zero-order chi connectivity index (χ0) is 17.8. The van der Waals surface area contributed by atoms with Crippen molar-refractivity contribution in [1.82, 2.24) is 0 Å². The van der Waals surface area contributed by atoms with Gasteiger partial charge in [0.25, 0.3) is 0 Å². The van der Waals surface area contributed by atoms with E-state index >= 15 is 0 Å². The molecule has 0 unspecified atom stereocenters. The zero-order valence-electron chi connectivity index (χ0n) is 14.4. The highest BCUT2D eigenvalue weighted by Gasteiger charge is 2.11. The number of nitrogens with one attached hydrogen (secondary N) is 1. The van der Waals surface area contributed by atoms with Gasteiger partial charge in [-0.05, 0) is 28.0 Å². The molecule has 0 heterocycles. The fourth-order valence-electron chi connectivity index (χ4n) is 3.21. The number of allylic oxidation sites excluding steroid dienone is 1. The standard InChI is InChI=1S/C25H19N/c26-25(21-13-5-2-6-14-21)24(20-10-3-1-4-11-20)18-22-16-9-15-19-12-7-8-17-23(19)22/h1-18,26H/b24-18+,26-25?. The summed E-state index contributed by atoms with van der Waals surface area (Å²) in [6.45, 7) is 0. The Morgan fingerprint density at radius 2 is 1.15 bits per heavy atom. The van der Waals surface area contributed by atoms with Crippen LogP contribution >= 0.6 is 0 Å². The van der Waals surface area contributed by atoms with Crippen molar-refractivity contribution >= 4 is 28.1 Å². The SMILES string of the molecule is N=C(/C(=C/c1cccc2ccccc12)c1ccccc1)c1ccccc1. The number of hydrogen-bond acceptors (Lipinski definition) is 1. The van der Waals surface area contributed by atoms with Crippen LogP contribution in [0.5, 0.6) is 0 Å². The lowest BCUT2D eigenvalue weighted by molar-refractivity contribution is 1.49. The van der Waals surface area contributed by atoms with Gasteiger partial charge in [0, 0.05) is 11.1 Å². The van der Waals surface area contributed by atoms with Crippen molar-refractivity contribution in [3.05, 3.63) is 120 Å². The Morgan fingerprint density at radius 3 is 1.88 bits per heavy atom. The fourth-order valence-corrected chi connectivity index (χ4v) is 3.21. The van der Waals surface area contributed by atoms with E-state index in [1.54, 1.807) is 0 Å². The second kappa shape index (κ2) is 7.20. The topological polar surface area (TPSA) is 23.9 Å². The average molecular weight is 333 g/mol. The van der Waals surface area contributed by atoms with Crippen LogP contribution in [0.2, 0.25) is 0 Å². The third-order valence-electron chi connectivity index (χ3n) is 4.54. The Morgan fingerprint density at radius 1 is 0.577 bits per heavy atom. The molecule has 26 heavy (non-hydrogen) atoms. The third-order valence-corrected chi connectivity index (χ3v) is 4.54. The first-order chi connectivity index (χ1) is 12.8. The summed E-state index contributed by atoms with van der Waals surface area (Å²) in [6.07, 6.45) is 2.13. The molecule has 0 amide bonds. The van der Waals surface area contributed by atoms with Gasteiger partial charge in [0.1, 0.15) is 0 Å². The summed E-state index contributed by atoms with van der Waals surface area (Å²) in [7, 11) is 0. The van der Waals surface area contributed by atoms with Crippen molar-refractivity contribution in [2.75, 3.05) is 0 Å². The Hall–Kier alpha value is -3.45. The molecule has 124 valence electrons. The summed E-state index contributed by atoms with van der Waals surface area (Å²) >= 11 is 0. The Balaban J connectivity index is 1.90. The van der Waals surface area contributed by atoms with Crippen LogP contribution < -0.4 is 0 Å². The molecule has 1 heteroatoms. The van der Waals surface area contributed by atoms with Gasteiger partial charge in [-0.2, -0.15) is 0 Å². The van der Waals surface area contributed by atoms with Gasteiger partial charge in [0.15, 0.2) is 0 Å². The first-order valence-electron chi connectivity index (χ1n) is 8.72. The highest BCUT2D eigenvalue weighted by molar-refractivity contribution is 6.34. The van der Waals surface area contributed by atoms with Crippen LogP contribution in [0.3, 0.4) is 0 Å². The summed E-state index contributed by atoms with van der Waals surface area (Å²) in [5, 5.41) is 11.2. The monoisotopic (exact) mass is 333 g/mol. The number of benzene rings is 4. The Bertz CT molecular complexity index is 1070. The highest BCUT2D eigenvalue weighted by Crippen LogP contribution is 2.26. The van der Waals surface area contributed by atoms with E-state index in [0.717, 1.165) is 22.3 Å². The minimum Gasteiger partial charge on any atom is -0.300 e. The van der Waals surface area contributed by atoms with Crippen LogP contribution in [0.15, 0.2) is 103 Å². The minimum absolute atomic E-state index is 0.532. The molecule has 0 aliphatic rings. The van der Waals surface area contributed by atoms with Crippen LogP contribution in [0.25, 0.3) is 22.4 Å². The fraction of sp³-hybridized carbons (Fsp3) is 0. The zero-order valence-corrected chi connectivity index (χ0v) is 14.4. The van der Waals surface area contributed by atoms with Gasteiger partial charge in [-0.15, -0.1) is 0 Å². The summed E-state index contributed by atoms with van der Waals surface area (Å²) in [4.78, 5) is 0. The van der Waals surface area contributed by atoms with Crippen molar-refractivity contribution < 1.29 is 0 Å². The first-order valence-corrected chi connectivity index (χ1v) is 8.72. The van der Waals surface area contributed by atoms with Gasteiger partial charge >= 0.3 is 0 Å². The van der Waals surface area contributed by atoms with Crippen molar-refractivity contribution in [3.63, 3.8) is 0 Å². The summed E-state index contributed by atoms with van der Waals surface area (Å²) in [5.74, 6) is 0. The minimum atomic E-state index is 0.532. The molecule has 0 aliphatic heterocycles.